The summed E-state index contributed by atoms with van der Waals surface area (Å²) in [6.07, 6.45) is 0. The first kappa shape index (κ1) is 30.6. The number of hydrogen-bond donors (Lipinski definition) is 0. The number of alkyl halides is 3. The molecule has 0 spiro atoms. The number of carbonyl (C=O) groups excluding carboxylic acids is 2. The average Bonchev–Trinajstić information content (AvgIpc) is 2.89. The summed E-state index contributed by atoms with van der Waals surface area (Å²) >= 11 is 0. The Morgan fingerprint density at radius 1 is 1.05 bits per heavy atom. The lowest BCUT2D eigenvalue weighted by Crippen LogP contribution is -2.39. The number of esters is 2. The monoisotopic (exact) mass is 609 g/mol. The Hall–Kier alpha value is -3.99. The summed E-state index contributed by atoms with van der Waals surface area (Å²) in [4.78, 5) is 24.0. The van der Waals surface area contributed by atoms with Gasteiger partial charge >= 0.3 is 27.6 Å². The number of rotatable bonds is 10. The van der Waals surface area contributed by atoms with Crippen LogP contribution < -0.4 is 9.47 Å². The highest BCUT2D eigenvalue weighted by Crippen LogP contribution is 2.42. The predicted octanol–water partition coefficient (Wildman–Crippen LogP) is 2.55. The van der Waals surface area contributed by atoms with Crippen LogP contribution in [0.5, 0.6) is 11.5 Å². The van der Waals surface area contributed by atoms with Crippen LogP contribution in [-0.2, 0) is 49.9 Å². The standard InChI is InChI=1S/C23H22F3NO11S2/c1-4-36-19(28)13-37-17-11-15(34-2)10-9-14(17)12-27-20(22(29)35-3)21(38-40(32,33)23(24,25)26)16-7-5-6-8-18(16)39(27,30)31/h5-11H,4,12-13H2,1-3H3. The van der Waals surface area contributed by atoms with Gasteiger partial charge in [-0.25, -0.2) is 18.0 Å². The van der Waals surface area contributed by atoms with Crippen LogP contribution in [-0.4, -0.2) is 66.0 Å². The lowest BCUT2D eigenvalue weighted by Gasteiger charge is -2.32. The minimum atomic E-state index is -6.37. The molecule has 1 heterocycles. The van der Waals surface area contributed by atoms with E-state index in [1.54, 1.807) is 6.92 Å². The molecular formula is C23H22F3NO11S2. The molecule has 2 aromatic carbocycles. The van der Waals surface area contributed by atoms with E-state index in [0.717, 1.165) is 19.2 Å². The van der Waals surface area contributed by atoms with Crippen molar-refractivity contribution < 1.29 is 62.7 Å². The zero-order valence-corrected chi connectivity index (χ0v) is 22.7. The quantitative estimate of drug-likeness (QED) is 0.222. The molecule has 0 fully saturated rings. The highest BCUT2D eigenvalue weighted by molar-refractivity contribution is 7.89. The molecule has 1 aliphatic heterocycles. The summed E-state index contributed by atoms with van der Waals surface area (Å²) in [5.41, 5.74) is -7.70. The Bertz CT molecular complexity index is 1550. The van der Waals surface area contributed by atoms with E-state index in [2.05, 4.69) is 8.92 Å². The first-order chi connectivity index (χ1) is 18.7. The van der Waals surface area contributed by atoms with E-state index in [9.17, 15) is 39.6 Å². The van der Waals surface area contributed by atoms with Gasteiger partial charge in [-0.15, -0.1) is 0 Å². The van der Waals surface area contributed by atoms with Gasteiger partial charge in [0.15, 0.2) is 18.1 Å². The number of ether oxygens (including phenoxy) is 4. The van der Waals surface area contributed by atoms with Gasteiger partial charge in [-0.05, 0) is 31.2 Å². The van der Waals surface area contributed by atoms with Crippen molar-refractivity contribution in [2.75, 3.05) is 27.4 Å². The van der Waals surface area contributed by atoms with Gasteiger partial charge in [0, 0.05) is 17.2 Å². The molecule has 0 amide bonds. The molecule has 1 aliphatic rings. The highest BCUT2D eigenvalue weighted by atomic mass is 32.2. The van der Waals surface area contributed by atoms with Gasteiger partial charge in [-0.3, -0.25) is 4.31 Å². The summed E-state index contributed by atoms with van der Waals surface area (Å²) in [5, 5.41) is 0. The number of carbonyl (C=O) groups is 2. The molecule has 0 N–H and O–H groups in total. The van der Waals surface area contributed by atoms with Crippen molar-refractivity contribution in [2.45, 2.75) is 23.9 Å². The number of benzene rings is 2. The summed E-state index contributed by atoms with van der Waals surface area (Å²) in [5.74, 6) is -3.40. The van der Waals surface area contributed by atoms with Crippen molar-refractivity contribution in [1.29, 1.82) is 0 Å². The Labute approximate surface area is 227 Å². The Kier molecular flexibility index (Phi) is 8.88. The SMILES string of the molecule is CCOC(=O)COc1cc(OC)ccc1CN1C(C(=O)OC)=C(OS(=O)(=O)C(F)(F)F)c2ccccc2S1(=O)=O. The largest absolute Gasteiger partial charge is 0.534 e. The molecule has 40 heavy (non-hydrogen) atoms. The second kappa shape index (κ2) is 11.6. The normalized spacial score (nSPS) is 14.7. The molecule has 0 aromatic heterocycles. The van der Waals surface area contributed by atoms with Crippen LogP contribution in [0.1, 0.15) is 18.1 Å². The molecule has 3 rings (SSSR count). The molecule has 218 valence electrons. The third kappa shape index (κ3) is 6.09. The maximum atomic E-state index is 13.7. The number of methoxy groups -OCH3 is 2. The lowest BCUT2D eigenvalue weighted by molar-refractivity contribution is -0.145. The maximum Gasteiger partial charge on any atom is 0.534 e. The third-order valence-electron chi connectivity index (χ3n) is 5.26. The number of fused-ring (bicyclic) bond motifs is 1. The minimum absolute atomic E-state index is 0.00696. The van der Waals surface area contributed by atoms with Crippen LogP contribution in [0, 0.1) is 0 Å². The molecule has 0 aliphatic carbocycles. The van der Waals surface area contributed by atoms with Crippen molar-refractivity contribution in [3.05, 3.63) is 59.3 Å². The fraction of sp³-hybridized carbons (Fsp3) is 0.304. The zero-order valence-electron chi connectivity index (χ0n) is 21.1. The molecule has 0 saturated carbocycles. The molecule has 0 radical (unpaired) electrons. The van der Waals surface area contributed by atoms with E-state index in [0.29, 0.717) is 4.31 Å². The fourth-order valence-electron chi connectivity index (χ4n) is 3.48. The van der Waals surface area contributed by atoms with Crippen molar-refractivity contribution in [3.8, 4) is 11.5 Å². The molecule has 0 bridgehead atoms. The van der Waals surface area contributed by atoms with Crippen LogP contribution in [0.4, 0.5) is 13.2 Å². The van der Waals surface area contributed by atoms with Gasteiger partial charge in [-0.2, -0.15) is 21.6 Å². The van der Waals surface area contributed by atoms with Crippen molar-refractivity contribution in [3.63, 3.8) is 0 Å². The van der Waals surface area contributed by atoms with Crippen molar-refractivity contribution in [2.24, 2.45) is 0 Å². The summed E-state index contributed by atoms with van der Waals surface area (Å²) < 4.78 is 116. The summed E-state index contributed by atoms with van der Waals surface area (Å²) in [6, 6.07) is 8.35. The Morgan fingerprint density at radius 2 is 1.73 bits per heavy atom. The fourth-order valence-corrected chi connectivity index (χ4v) is 5.59. The van der Waals surface area contributed by atoms with E-state index in [4.69, 9.17) is 14.2 Å². The Morgan fingerprint density at radius 3 is 2.33 bits per heavy atom. The highest BCUT2D eigenvalue weighted by Gasteiger charge is 2.51. The first-order valence-electron chi connectivity index (χ1n) is 11.1. The van der Waals surface area contributed by atoms with Crippen LogP contribution in [0.15, 0.2) is 53.1 Å². The van der Waals surface area contributed by atoms with Gasteiger partial charge < -0.3 is 23.1 Å². The minimum Gasteiger partial charge on any atom is -0.497 e. The molecule has 0 unspecified atom stereocenters. The molecule has 0 atom stereocenters. The Balaban J connectivity index is 2.25. The van der Waals surface area contributed by atoms with E-state index in [-0.39, 0.29) is 23.7 Å². The molecular weight excluding hydrogens is 587 g/mol. The van der Waals surface area contributed by atoms with Crippen molar-refractivity contribution >= 4 is 37.8 Å². The first-order valence-corrected chi connectivity index (χ1v) is 13.9. The number of halogens is 3. The van der Waals surface area contributed by atoms with Gasteiger partial charge in [0.1, 0.15) is 11.5 Å². The van der Waals surface area contributed by atoms with Crippen LogP contribution in [0.3, 0.4) is 0 Å². The third-order valence-corrected chi connectivity index (χ3v) is 8.02. The van der Waals surface area contributed by atoms with E-state index < -0.39 is 72.7 Å². The molecule has 17 heteroatoms. The lowest BCUT2D eigenvalue weighted by atomic mass is 10.1. The van der Waals surface area contributed by atoms with E-state index in [1.165, 1.54) is 37.4 Å². The zero-order chi connectivity index (χ0) is 29.9. The summed E-state index contributed by atoms with van der Waals surface area (Å²) in [6.45, 7) is 0.201. The maximum absolute atomic E-state index is 13.7. The molecule has 0 saturated heterocycles. The number of sulfonamides is 1. The van der Waals surface area contributed by atoms with Crippen LogP contribution in [0.2, 0.25) is 0 Å². The van der Waals surface area contributed by atoms with Gasteiger partial charge in [-0.1, -0.05) is 12.1 Å². The number of nitrogens with zero attached hydrogens (tertiary/aromatic N) is 1. The summed E-state index contributed by atoms with van der Waals surface area (Å²) in [7, 11) is -8.99. The predicted molar refractivity (Wildman–Crippen MR) is 129 cm³/mol. The van der Waals surface area contributed by atoms with E-state index >= 15 is 0 Å². The van der Waals surface area contributed by atoms with Crippen LogP contribution in [0.25, 0.3) is 5.76 Å². The second-order valence-corrected chi connectivity index (χ2v) is 11.1. The van der Waals surface area contributed by atoms with Gasteiger partial charge in [0.25, 0.3) is 10.0 Å². The second-order valence-electron chi connectivity index (χ2n) is 7.73. The smallest absolute Gasteiger partial charge is 0.497 e. The molecule has 2 aromatic rings. The van der Waals surface area contributed by atoms with E-state index in [1.807, 2.05) is 0 Å². The topological polar surface area (TPSA) is 152 Å². The van der Waals surface area contributed by atoms with Gasteiger partial charge in [0.05, 0.1) is 32.3 Å². The van der Waals surface area contributed by atoms with Crippen LogP contribution >= 0.6 is 0 Å². The molecule has 12 nitrogen and oxygen atoms in total. The van der Waals surface area contributed by atoms with Crippen molar-refractivity contribution in [1.82, 2.24) is 4.31 Å². The average molecular weight is 610 g/mol. The van der Waals surface area contributed by atoms with Gasteiger partial charge in [0.2, 0.25) is 0 Å². The number of hydrogen-bond acceptors (Lipinski definition) is 11.